The third-order valence-electron chi connectivity index (χ3n) is 11.5. The Morgan fingerprint density at radius 3 is 1.96 bits per heavy atom. The number of hydrogen-bond donors (Lipinski definition) is 3. The van der Waals surface area contributed by atoms with Gasteiger partial charge in [0.1, 0.15) is 11.1 Å². The Kier molecular flexibility index (Phi) is 10.5. The zero-order chi connectivity index (χ0) is 38.4. The van der Waals surface area contributed by atoms with E-state index in [-0.39, 0.29) is 11.8 Å². The summed E-state index contributed by atoms with van der Waals surface area (Å²) >= 11 is 2.64. The number of piperidine rings is 2. The van der Waals surface area contributed by atoms with Crippen molar-refractivity contribution in [2.45, 2.75) is 96.8 Å². The fourth-order valence-corrected chi connectivity index (χ4v) is 10.0. The molecule has 2 atom stereocenters. The summed E-state index contributed by atoms with van der Waals surface area (Å²) in [6, 6.07) is 13.5. The molecule has 5 heterocycles. The summed E-state index contributed by atoms with van der Waals surface area (Å²) in [5.41, 5.74) is 3.96. The number of aromatic nitrogens is 2. The van der Waals surface area contributed by atoms with Gasteiger partial charge in [0.25, 0.3) is 11.8 Å². The Morgan fingerprint density at radius 1 is 0.778 bits per heavy atom. The molecule has 284 valence electrons. The first-order valence-electron chi connectivity index (χ1n) is 18.5. The number of aliphatic carboxylic acids is 2. The average molecular weight is 771 g/mol. The number of fused-ring (bicyclic) bond motifs is 1. The molecule has 2 amide bonds. The van der Waals surface area contributed by atoms with Crippen LogP contribution in [0.1, 0.15) is 98.7 Å². The Hall–Kier alpha value is -4.50. The number of rotatable bonds is 10. The maximum atomic E-state index is 13.9. The molecule has 0 unspecified atom stereocenters. The van der Waals surface area contributed by atoms with E-state index < -0.39 is 23.0 Å². The quantitative estimate of drug-likeness (QED) is 0.154. The highest BCUT2D eigenvalue weighted by atomic mass is 32.1. The van der Waals surface area contributed by atoms with E-state index in [0.717, 1.165) is 69.2 Å². The SMILES string of the molecule is Cc1nc(C(=O)Nc2cccc(-c3cccc4c3CCN4C(=O)c3nc(C)c(CN4CCCC[C@]4(C)C(=O)O)s3)c2)sc1CN1CCCC[C@]1(C)C(=O)O. The van der Waals surface area contributed by atoms with Crippen LogP contribution in [0.25, 0.3) is 11.1 Å². The number of hydrogen-bond acceptors (Lipinski definition) is 10. The van der Waals surface area contributed by atoms with Gasteiger partial charge in [0, 0.05) is 40.8 Å². The van der Waals surface area contributed by atoms with Crippen molar-refractivity contribution < 1.29 is 29.4 Å². The van der Waals surface area contributed by atoms with Gasteiger partial charge in [-0.15, -0.1) is 22.7 Å². The van der Waals surface area contributed by atoms with Gasteiger partial charge in [-0.05, 0) is 121 Å². The molecule has 0 radical (unpaired) electrons. The molecule has 7 rings (SSSR count). The lowest BCUT2D eigenvalue weighted by Crippen LogP contribution is -2.54. The zero-order valence-electron chi connectivity index (χ0n) is 31.1. The summed E-state index contributed by atoms with van der Waals surface area (Å²) in [6.45, 7) is 10.1. The largest absolute Gasteiger partial charge is 0.480 e. The highest BCUT2D eigenvalue weighted by Gasteiger charge is 2.43. The number of benzene rings is 2. The summed E-state index contributed by atoms with van der Waals surface area (Å²) in [5, 5.41) is 23.7. The maximum Gasteiger partial charge on any atom is 0.323 e. The van der Waals surface area contributed by atoms with Crippen molar-refractivity contribution in [3.8, 4) is 11.1 Å². The van der Waals surface area contributed by atoms with Crippen LogP contribution >= 0.6 is 22.7 Å². The van der Waals surface area contributed by atoms with E-state index in [1.54, 1.807) is 18.7 Å². The number of likely N-dealkylation sites (tertiary alicyclic amines) is 2. The van der Waals surface area contributed by atoms with Crippen LogP contribution in [0.15, 0.2) is 42.5 Å². The predicted octanol–water partition coefficient (Wildman–Crippen LogP) is 7.00. The van der Waals surface area contributed by atoms with Gasteiger partial charge in [0.05, 0.1) is 11.4 Å². The second-order valence-corrected chi connectivity index (χ2v) is 17.2. The molecular formula is C40H46N6O6S2. The molecule has 0 bridgehead atoms. The molecule has 12 nitrogen and oxygen atoms in total. The van der Waals surface area contributed by atoms with Crippen molar-refractivity contribution >= 4 is 57.8 Å². The Morgan fingerprint density at radius 2 is 1.35 bits per heavy atom. The first-order chi connectivity index (χ1) is 25.8. The molecule has 0 spiro atoms. The Bertz CT molecular complexity index is 2130. The van der Waals surface area contributed by atoms with Gasteiger partial charge in [0.2, 0.25) is 0 Å². The molecule has 0 aliphatic carbocycles. The van der Waals surface area contributed by atoms with Gasteiger partial charge in [0.15, 0.2) is 10.0 Å². The van der Waals surface area contributed by atoms with Crippen molar-refractivity contribution in [3.05, 3.63) is 79.2 Å². The number of amides is 2. The lowest BCUT2D eigenvalue weighted by molar-refractivity contribution is -0.154. The number of carboxylic acids is 2. The highest BCUT2D eigenvalue weighted by Crippen LogP contribution is 2.39. The van der Waals surface area contributed by atoms with Crippen molar-refractivity contribution in [1.82, 2.24) is 19.8 Å². The number of anilines is 2. The lowest BCUT2D eigenvalue weighted by atomic mass is 9.88. The number of carboxylic acid groups (broad SMARTS) is 2. The number of nitrogens with one attached hydrogen (secondary N) is 1. The summed E-state index contributed by atoms with van der Waals surface area (Å²) in [5.74, 6) is -2.15. The second-order valence-electron chi connectivity index (χ2n) is 15.0. The third-order valence-corrected chi connectivity index (χ3v) is 13.8. The number of aryl methyl sites for hydroxylation is 2. The predicted molar refractivity (Wildman–Crippen MR) is 210 cm³/mol. The van der Waals surface area contributed by atoms with Crippen molar-refractivity contribution in [2.24, 2.45) is 0 Å². The minimum Gasteiger partial charge on any atom is -0.480 e. The monoisotopic (exact) mass is 770 g/mol. The zero-order valence-corrected chi connectivity index (χ0v) is 32.7. The van der Waals surface area contributed by atoms with Crippen molar-refractivity contribution in [1.29, 1.82) is 0 Å². The molecule has 2 aromatic carbocycles. The van der Waals surface area contributed by atoms with Gasteiger partial charge < -0.3 is 20.4 Å². The minimum atomic E-state index is -0.941. The summed E-state index contributed by atoms with van der Waals surface area (Å²) in [7, 11) is 0. The Labute approximate surface area is 322 Å². The van der Waals surface area contributed by atoms with Crippen LogP contribution in [-0.2, 0) is 29.1 Å². The molecule has 54 heavy (non-hydrogen) atoms. The molecule has 2 saturated heterocycles. The van der Waals surface area contributed by atoms with Crippen LogP contribution in [0.4, 0.5) is 11.4 Å². The molecular weight excluding hydrogens is 725 g/mol. The van der Waals surface area contributed by atoms with E-state index in [9.17, 15) is 29.4 Å². The van der Waals surface area contributed by atoms with Gasteiger partial charge in [-0.25, -0.2) is 9.97 Å². The summed E-state index contributed by atoms with van der Waals surface area (Å²) in [6.07, 6.45) is 5.48. The van der Waals surface area contributed by atoms with E-state index in [2.05, 4.69) is 15.3 Å². The maximum absolute atomic E-state index is 13.9. The first-order valence-corrected chi connectivity index (χ1v) is 20.2. The van der Waals surface area contributed by atoms with E-state index in [1.165, 1.54) is 22.7 Å². The molecule has 3 N–H and O–H groups in total. The van der Waals surface area contributed by atoms with Crippen LogP contribution in [-0.4, -0.2) is 84.4 Å². The smallest absolute Gasteiger partial charge is 0.323 e. The van der Waals surface area contributed by atoms with E-state index in [1.807, 2.05) is 66.1 Å². The number of carbonyl (C=O) groups excluding carboxylic acids is 2. The van der Waals surface area contributed by atoms with Crippen LogP contribution in [0.3, 0.4) is 0 Å². The molecule has 2 fully saturated rings. The molecule has 0 saturated carbocycles. The van der Waals surface area contributed by atoms with Gasteiger partial charge >= 0.3 is 11.9 Å². The second kappa shape index (κ2) is 15.0. The molecule has 2 aromatic heterocycles. The first kappa shape index (κ1) is 37.8. The van der Waals surface area contributed by atoms with Crippen molar-refractivity contribution in [2.75, 3.05) is 29.9 Å². The normalized spacial score (nSPS) is 21.9. The summed E-state index contributed by atoms with van der Waals surface area (Å²) < 4.78 is 0. The van der Waals surface area contributed by atoms with Crippen LogP contribution in [0.5, 0.6) is 0 Å². The van der Waals surface area contributed by atoms with Gasteiger partial charge in [-0.1, -0.05) is 24.3 Å². The summed E-state index contributed by atoms with van der Waals surface area (Å²) in [4.78, 5) is 68.5. The molecule has 4 aromatic rings. The molecule has 3 aliphatic heterocycles. The molecule has 3 aliphatic rings. The van der Waals surface area contributed by atoms with Crippen LogP contribution in [0.2, 0.25) is 0 Å². The van der Waals surface area contributed by atoms with Crippen molar-refractivity contribution in [3.63, 3.8) is 0 Å². The van der Waals surface area contributed by atoms with E-state index in [0.29, 0.717) is 67.7 Å². The fraction of sp³-hybridized carbons (Fsp3) is 0.450. The lowest BCUT2D eigenvalue weighted by Gasteiger charge is -2.41. The topological polar surface area (TPSA) is 156 Å². The van der Waals surface area contributed by atoms with Crippen LogP contribution in [0, 0.1) is 13.8 Å². The van der Waals surface area contributed by atoms with E-state index >= 15 is 0 Å². The number of nitrogens with zero attached hydrogens (tertiary/aromatic N) is 5. The fourth-order valence-electron chi connectivity index (χ4n) is 8.01. The number of carbonyl (C=O) groups is 4. The third kappa shape index (κ3) is 7.07. The minimum absolute atomic E-state index is 0.170. The molecule has 14 heteroatoms. The Balaban J connectivity index is 1.05. The van der Waals surface area contributed by atoms with E-state index in [4.69, 9.17) is 0 Å². The highest BCUT2D eigenvalue weighted by molar-refractivity contribution is 7.14. The standard InChI is InChI=1S/C40H46N6O6S2/c1-24-31(22-44-18-7-5-16-39(44,3)37(49)50)53-34(41-24)33(47)43-27-12-9-11-26(21-27)28-13-10-14-30-29(28)15-20-46(30)36(48)35-42-25(2)32(54-35)23-45-19-8-6-17-40(45,4)38(51)52/h9-14,21H,5-8,15-20,22-23H2,1-4H3,(H,43,47)(H,49,50)(H,51,52)/t39-,40-/m1/s1. The van der Waals surface area contributed by atoms with Gasteiger partial charge in [-0.2, -0.15) is 0 Å². The van der Waals surface area contributed by atoms with Crippen LogP contribution < -0.4 is 10.2 Å². The van der Waals surface area contributed by atoms with Gasteiger partial charge in [-0.3, -0.25) is 29.0 Å². The average Bonchev–Trinajstić information content (AvgIpc) is 3.86. The number of thiazole rings is 2.